The van der Waals surface area contributed by atoms with Gasteiger partial charge in [0.1, 0.15) is 5.75 Å². The summed E-state index contributed by atoms with van der Waals surface area (Å²) in [5, 5.41) is 10.1. The molecular formula is C18H23NO2. The van der Waals surface area contributed by atoms with Crippen molar-refractivity contribution in [3.05, 3.63) is 59.2 Å². The van der Waals surface area contributed by atoms with E-state index in [1.165, 1.54) is 11.1 Å². The van der Waals surface area contributed by atoms with Crippen molar-refractivity contribution in [3.8, 4) is 5.75 Å². The van der Waals surface area contributed by atoms with E-state index in [9.17, 15) is 5.11 Å². The van der Waals surface area contributed by atoms with E-state index in [0.717, 1.165) is 23.5 Å². The largest absolute Gasteiger partial charge is 0.496 e. The van der Waals surface area contributed by atoms with Crippen molar-refractivity contribution in [1.29, 1.82) is 0 Å². The van der Waals surface area contributed by atoms with E-state index in [0.29, 0.717) is 0 Å². The van der Waals surface area contributed by atoms with Gasteiger partial charge in [-0.1, -0.05) is 35.9 Å². The average Bonchev–Trinajstić information content (AvgIpc) is 2.46. The van der Waals surface area contributed by atoms with E-state index in [1.54, 1.807) is 14.0 Å². The molecule has 3 heteroatoms. The number of nitrogens with zero attached hydrogens (tertiary/aromatic N) is 1. The molecule has 2 aromatic carbocycles. The minimum atomic E-state index is -0.573. The number of aliphatic hydroxyl groups is 1. The maximum Gasteiger partial charge on any atom is 0.126 e. The number of rotatable bonds is 5. The van der Waals surface area contributed by atoms with Crippen LogP contribution in [-0.2, 0) is 6.54 Å². The van der Waals surface area contributed by atoms with Crippen LogP contribution in [0.3, 0.4) is 0 Å². The number of hydrogen-bond acceptors (Lipinski definition) is 3. The van der Waals surface area contributed by atoms with E-state index in [-0.39, 0.29) is 0 Å². The molecule has 0 amide bonds. The van der Waals surface area contributed by atoms with Gasteiger partial charge in [-0.05, 0) is 31.5 Å². The molecule has 0 spiro atoms. The topological polar surface area (TPSA) is 32.7 Å². The molecule has 0 heterocycles. The van der Waals surface area contributed by atoms with Crippen LogP contribution in [0.2, 0.25) is 0 Å². The molecule has 21 heavy (non-hydrogen) atoms. The summed E-state index contributed by atoms with van der Waals surface area (Å²) in [4.78, 5) is 2.14. The molecule has 0 unspecified atom stereocenters. The fraction of sp³-hybridized carbons (Fsp3) is 0.333. The van der Waals surface area contributed by atoms with E-state index < -0.39 is 6.10 Å². The second-order valence-electron chi connectivity index (χ2n) is 5.41. The zero-order chi connectivity index (χ0) is 15.4. The molecule has 1 N–H and O–H groups in total. The second kappa shape index (κ2) is 6.64. The normalized spacial score (nSPS) is 12.0. The summed E-state index contributed by atoms with van der Waals surface area (Å²) in [5.74, 6) is 0.721. The molecule has 0 aliphatic rings. The van der Waals surface area contributed by atoms with Crippen molar-refractivity contribution in [3.63, 3.8) is 0 Å². The molecule has 0 saturated carbocycles. The third-order valence-corrected chi connectivity index (χ3v) is 3.59. The molecule has 0 aliphatic heterocycles. The van der Waals surface area contributed by atoms with Crippen LogP contribution in [-0.4, -0.2) is 19.3 Å². The smallest absolute Gasteiger partial charge is 0.126 e. The van der Waals surface area contributed by atoms with Crippen molar-refractivity contribution < 1.29 is 9.84 Å². The molecule has 2 rings (SSSR count). The Balaban J connectivity index is 2.32. The van der Waals surface area contributed by atoms with Crippen LogP contribution in [0, 0.1) is 6.92 Å². The van der Waals surface area contributed by atoms with Crippen molar-refractivity contribution in [2.24, 2.45) is 0 Å². The second-order valence-corrected chi connectivity index (χ2v) is 5.41. The summed E-state index contributed by atoms with van der Waals surface area (Å²) in [5.41, 5.74) is 4.32. The fourth-order valence-electron chi connectivity index (χ4n) is 2.63. The zero-order valence-corrected chi connectivity index (χ0v) is 13.1. The monoisotopic (exact) mass is 285 g/mol. The maximum absolute atomic E-state index is 10.1. The SMILES string of the molecule is COc1cccc(N(C)Cc2cccc(C)c2)c1[C@@H](C)O. The lowest BCUT2D eigenvalue weighted by molar-refractivity contribution is 0.194. The molecular weight excluding hydrogens is 262 g/mol. The number of hydrogen-bond donors (Lipinski definition) is 1. The average molecular weight is 285 g/mol. The Bertz CT molecular complexity index is 608. The number of benzene rings is 2. The van der Waals surface area contributed by atoms with Gasteiger partial charge < -0.3 is 14.7 Å². The summed E-state index contributed by atoms with van der Waals surface area (Å²) in [6.45, 7) is 4.65. The van der Waals surface area contributed by atoms with Gasteiger partial charge in [-0.2, -0.15) is 0 Å². The number of methoxy groups -OCH3 is 1. The Morgan fingerprint density at radius 3 is 2.52 bits per heavy atom. The lowest BCUT2D eigenvalue weighted by Gasteiger charge is -2.25. The Labute approximate surface area is 126 Å². The van der Waals surface area contributed by atoms with Crippen molar-refractivity contribution in [2.45, 2.75) is 26.5 Å². The molecule has 2 aromatic rings. The highest BCUT2D eigenvalue weighted by molar-refractivity contribution is 5.60. The predicted octanol–water partition coefficient (Wildman–Crippen LogP) is 3.69. The highest BCUT2D eigenvalue weighted by atomic mass is 16.5. The molecule has 0 aromatic heterocycles. The zero-order valence-electron chi connectivity index (χ0n) is 13.1. The summed E-state index contributed by atoms with van der Waals surface area (Å²) >= 11 is 0. The first-order valence-electron chi connectivity index (χ1n) is 7.14. The van der Waals surface area contributed by atoms with Gasteiger partial charge in [0.25, 0.3) is 0 Å². The molecule has 0 bridgehead atoms. The van der Waals surface area contributed by atoms with Crippen LogP contribution in [0.15, 0.2) is 42.5 Å². The van der Waals surface area contributed by atoms with E-state index in [4.69, 9.17) is 4.74 Å². The van der Waals surface area contributed by atoms with Crippen molar-refractivity contribution in [1.82, 2.24) is 0 Å². The Kier molecular flexibility index (Phi) is 4.86. The van der Waals surface area contributed by atoms with Crippen LogP contribution in [0.25, 0.3) is 0 Å². The Hall–Kier alpha value is -2.00. The highest BCUT2D eigenvalue weighted by Gasteiger charge is 2.16. The molecule has 0 saturated heterocycles. The molecule has 0 fully saturated rings. The summed E-state index contributed by atoms with van der Waals surface area (Å²) in [7, 11) is 3.66. The van der Waals surface area contributed by atoms with Crippen molar-refractivity contribution in [2.75, 3.05) is 19.1 Å². The van der Waals surface area contributed by atoms with Gasteiger partial charge in [0.2, 0.25) is 0 Å². The first kappa shape index (κ1) is 15.4. The number of aliphatic hydroxyl groups excluding tert-OH is 1. The molecule has 3 nitrogen and oxygen atoms in total. The standard InChI is InChI=1S/C18H23NO2/c1-13-7-5-8-15(11-13)12-19(3)16-9-6-10-17(21-4)18(16)14(2)20/h5-11,14,20H,12H2,1-4H3/t14-/m1/s1. The van der Waals surface area contributed by atoms with Gasteiger partial charge in [0.05, 0.1) is 13.2 Å². The van der Waals surface area contributed by atoms with Gasteiger partial charge in [0, 0.05) is 24.8 Å². The van der Waals surface area contributed by atoms with Gasteiger partial charge >= 0.3 is 0 Å². The number of anilines is 1. The van der Waals surface area contributed by atoms with Crippen LogP contribution in [0.1, 0.15) is 29.7 Å². The fourth-order valence-corrected chi connectivity index (χ4v) is 2.63. The van der Waals surface area contributed by atoms with Crippen LogP contribution >= 0.6 is 0 Å². The summed E-state index contributed by atoms with van der Waals surface area (Å²) in [6, 6.07) is 14.3. The Morgan fingerprint density at radius 2 is 1.90 bits per heavy atom. The number of aryl methyl sites for hydroxylation is 1. The predicted molar refractivity (Wildman–Crippen MR) is 86.9 cm³/mol. The molecule has 0 aliphatic carbocycles. The van der Waals surface area contributed by atoms with Gasteiger partial charge in [-0.3, -0.25) is 0 Å². The van der Waals surface area contributed by atoms with Gasteiger partial charge in [0.15, 0.2) is 0 Å². The third-order valence-electron chi connectivity index (χ3n) is 3.59. The minimum absolute atomic E-state index is 0.573. The first-order chi connectivity index (χ1) is 10.0. The number of ether oxygens (including phenoxy) is 1. The summed E-state index contributed by atoms with van der Waals surface area (Å²) in [6.07, 6.45) is -0.573. The lowest BCUT2D eigenvalue weighted by atomic mass is 10.0. The Morgan fingerprint density at radius 1 is 1.19 bits per heavy atom. The highest BCUT2D eigenvalue weighted by Crippen LogP contribution is 2.34. The maximum atomic E-state index is 10.1. The van der Waals surface area contributed by atoms with Gasteiger partial charge in [-0.25, -0.2) is 0 Å². The lowest BCUT2D eigenvalue weighted by Crippen LogP contribution is -2.19. The van der Waals surface area contributed by atoms with Crippen LogP contribution < -0.4 is 9.64 Å². The van der Waals surface area contributed by atoms with Crippen molar-refractivity contribution >= 4 is 5.69 Å². The van der Waals surface area contributed by atoms with Crippen LogP contribution in [0.5, 0.6) is 5.75 Å². The quantitative estimate of drug-likeness (QED) is 0.909. The van der Waals surface area contributed by atoms with E-state index in [1.807, 2.05) is 25.2 Å². The summed E-state index contributed by atoms with van der Waals surface area (Å²) < 4.78 is 5.38. The molecule has 1 atom stereocenters. The van der Waals surface area contributed by atoms with Gasteiger partial charge in [-0.15, -0.1) is 0 Å². The van der Waals surface area contributed by atoms with E-state index in [2.05, 4.69) is 36.1 Å². The first-order valence-corrected chi connectivity index (χ1v) is 7.14. The molecule has 0 radical (unpaired) electrons. The third kappa shape index (κ3) is 3.56. The van der Waals surface area contributed by atoms with E-state index >= 15 is 0 Å². The minimum Gasteiger partial charge on any atom is -0.496 e. The van der Waals surface area contributed by atoms with Crippen LogP contribution in [0.4, 0.5) is 5.69 Å². The molecule has 112 valence electrons.